The molecule has 156 valence electrons. The summed E-state index contributed by atoms with van der Waals surface area (Å²) in [4.78, 5) is 24.9. The molecule has 0 atom stereocenters. The summed E-state index contributed by atoms with van der Waals surface area (Å²) in [5.41, 5.74) is 2.99. The molecule has 0 bridgehead atoms. The van der Waals surface area contributed by atoms with Crippen LogP contribution in [0.25, 0.3) is 21.7 Å². The van der Waals surface area contributed by atoms with Gasteiger partial charge in [-0.3, -0.25) is 9.59 Å². The second kappa shape index (κ2) is 6.54. The van der Waals surface area contributed by atoms with E-state index in [9.17, 15) is 9.59 Å². The van der Waals surface area contributed by atoms with Crippen molar-refractivity contribution in [2.24, 2.45) is 12.5 Å². The van der Waals surface area contributed by atoms with Crippen LogP contribution >= 0.6 is 0 Å². The standard InChI is InChI=1S/C25H24N4O2/c1-29-14-20(17-6-4-5-9-21(17)29)23(30)26-16-12-25(13-16)10-15(11-25)22-18-7-2-3-8-19(18)24(31)28-27-22/h2-9,14-16H,10-13H2,1H3,(H,26,30)(H,28,31). The third kappa shape index (κ3) is 2.81. The fourth-order valence-corrected chi connectivity index (χ4v) is 5.83. The van der Waals surface area contributed by atoms with Crippen LogP contribution in [0.1, 0.15) is 47.7 Å². The summed E-state index contributed by atoms with van der Waals surface area (Å²) in [6, 6.07) is 15.9. The Morgan fingerprint density at radius 2 is 1.71 bits per heavy atom. The summed E-state index contributed by atoms with van der Waals surface area (Å²) >= 11 is 0. The number of nitrogens with zero attached hydrogens (tertiary/aromatic N) is 2. The first-order valence-electron chi connectivity index (χ1n) is 10.9. The van der Waals surface area contributed by atoms with Gasteiger partial charge in [0.15, 0.2) is 0 Å². The van der Waals surface area contributed by atoms with Gasteiger partial charge >= 0.3 is 0 Å². The smallest absolute Gasteiger partial charge is 0.272 e. The Hall–Kier alpha value is -3.41. The maximum absolute atomic E-state index is 12.9. The van der Waals surface area contributed by atoms with Crippen LogP contribution in [0.3, 0.4) is 0 Å². The van der Waals surface area contributed by atoms with Crippen molar-refractivity contribution < 1.29 is 4.79 Å². The number of aromatic nitrogens is 3. The van der Waals surface area contributed by atoms with Crippen molar-refractivity contribution in [3.63, 3.8) is 0 Å². The van der Waals surface area contributed by atoms with E-state index in [1.165, 1.54) is 0 Å². The number of hydrogen-bond acceptors (Lipinski definition) is 3. The number of hydrogen-bond donors (Lipinski definition) is 2. The minimum Gasteiger partial charge on any atom is -0.350 e. The minimum atomic E-state index is -0.131. The maximum Gasteiger partial charge on any atom is 0.272 e. The number of para-hydroxylation sites is 1. The van der Waals surface area contributed by atoms with Gasteiger partial charge in [0.05, 0.1) is 16.6 Å². The summed E-state index contributed by atoms with van der Waals surface area (Å²) in [5.74, 6) is 0.386. The first-order valence-corrected chi connectivity index (χ1v) is 10.9. The van der Waals surface area contributed by atoms with Crippen molar-refractivity contribution in [2.45, 2.75) is 37.6 Å². The summed E-state index contributed by atoms with van der Waals surface area (Å²) in [7, 11) is 1.97. The lowest BCUT2D eigenvalue weighted by atomic mass is 9.49. The lowest BCUT2D eigenvalue weighted by molar-refractivity contribution is -0.0196. The van der Waals surface area contributed by atoms with E-state index in [0.29, 0.717) is 16.7 Å². The monoisotopic (exact) mass is 412 g/mol. The number of aromatic amines is 1. The van der Waals surface area contributed by atoms with E-state index in [0.717, 1.165) is 53.2 Å². The Morgan fingerprint density at radius 3 is 2.48 bits per heavy atom. The predicted octanol–water partition coefficient (Wildman–Crippen LogP) is 3.87. The molecule has 0 radical (unpaired) electrons. The quantitative estimate of drug-likeness (QED) is 0.536. The molecule has 6 nitrogen and oxygen atoms in total. The lowest BCUT2D eigenvalue weighted by Gasteiger charge is -2.57. The number of nitrogens with one attached hydrogen (secondary N) is 2. The fraction of sp³-hybridized carbons (Fsp3) is 0.320. The molecule has 4 aromatic rings. The van der Waals surface area contributed by atoms with Gasteiger partial charge in [-0.2, -0.15) is 5.10 Å². The number of aryl methyl sites for hydroxylation is 1. The molecule has 0 aliphatic heterocycles. The first kappa shape index (κ1) is 18.4. The van der Waals surface area contributed by atoms with Crippen LogP contribution < -0.4 is 10.9 Å². The normalized spacial score (nSPS) is 24.8. The molecule has 2 N–H and O–H groups in total. The van der Waals surface area contributed by atoms with E-state index in [4.69, 9.17) is 0 Å². The van der Waals surface area contributed by atoms with E-state index in [2.05, 4.69) is 15.5 Å². The molecular formula is C25H24N4O2. The highest BCUT2D eigenvalue weighted by atomic mass is 16.1. The Labute approximate surface area is 179 Å². The summed E-state index contributed by atoms with van der Waals surface area (Å²) in [5, 5.41) is 13.0. The van der Waals surface area contributed by atoms with E-state index < -0.39 is 0 Å². The molecule has 0 saturated heterocycles. The SMILES string of the molecule is Cn1cc(C(=O)NC2CC3(C2)CC(c2n[nH]c(=O)c4ccccc24)C3)c2ccccc21. The molecule has 2 heterocycles. The summed E-state index contributed by atoms with van der Waals surface area (Å²) in [6.45, 7) is 0. The van der Waals surface area contributed by atoms with Gasteiger partial charge in [0.1, 0.15) is 0 Å². The number of benzene rings is 2. The van der Waals surface area contributed by atoms with Crippen molar-refractivity contribution in [3.05, 3.63) is 76.3 Å². The number of rotatable bonds is 3. The third-order valence-corrected chi connectivity index (χ3v) is 7.31. The largest absolute Gasteiger partial charge is 0.350 e. The molecule has 0 unspecified atom stereocenters. The average molecular weight is 412 g/mol. The Kier molecular flexibility index (Phi) is 3.88. The highest BCUT2D eigenvalue weighted by molar-refractivity contribution is 6.07. The lowest BCUT2D eigenvalue weighted by Crippen LogP contribution is -2.55. The number of carbonyl (C=O) groups is 1. The van der Waals surface area contributed by atoms with E-state index >= 15 is 0 Å². The van der Waals surface area contributed by atoms with E-state index in [1.807, 2.05) is 66.3 Å². The second-order valence-electron chi connectivity index (χ2n) is 9.34. The van der Waals surface area contributed by atoms with Crippen molar-refractivity contribution in [1.29, 1.82) is 0 Å². The third-order valence-electron chi connectivity index (χ3n) is 7.31. The van der Waals surface area contributed by atoms with Crippen LogP contribution in [-0.2, 0) is 7.05 Å². The van der Waals surface area contributed by atoms with Gasteiger partial charge in [-0.25, -0.2) is 5.10 Å². The zero-order valence-electron chi connectivity index (χ0n) is 17.4. The van der Waals surface area contributed by atoms with Crippen LogP contribution in [0.15, 0.2) is 59.5 Å². The molecule has 2 aliphatic carbocycles. The van der Waals surface area contributed by atoms with Gasteiger partial charge in [-0.1, -0.05) is 36.4 Å². The van der Waals surface area contributed by atoms with E-state index in [-0.39, 0.29) is 17.5 Å². The molecule has 1 spiro atoms. The Bertz CT molecular complexity index is 1390. The summed E-state index contributed by atoms with van der Waals surface area (Å²) < 4.78 is 2.00. The van der Waals surface area contributed by atoms with Gasteiger partial charge in [-0.05, 0) is 43.2 Å². The molecule has 31 heavy (non-hydrogen) atoms. The van der Waals surface area contributed by atoms with Crippen molar-refractivity contribution in [2.75, 3.05) is 0 Å². The predicted molar refractivity (Wildman–Crippen MR) is 120 cm³/mol. The number of H-pyrrole nitrogens is 1. The Morgan fingerprint density at radius 1 is 1.03 bits per heavy atom. The molecule has 2 aromatic carbocycles. The van der Waals surface area contributed by atoms with Crippen molar-refractivity contribution in [1.82, 2.24) is 20.1 Å². The van der Waals surface area contributed by atoms with Gasteiger partial charge in [0, 0.05) is 41.5 Å². The van der Waals surface area contributed by atoms with Crippen LogP contribution in [0.2, 0.25) is 0 Å². The number of amides is 1. The molecule has 2 aromatic heterocycles. The van der Waals surface area contributed by atoms with Crippen LogP contribution in [0, 0.1) is 5.41 Å². The van der Waals surface area contributed by atoms with Gasteiger partial charge in [0.25, 0.3) is 11.5 Å². The van der Waals surface area contributed by atoms with Crippen molar-refractivity contribution in [3.8, 4) is 0 Å². The molecule has 6 heteroatoms. The zero-order valence-corrected chi connectivity index (χ0v) is 17.4. The van der Waals surface area contributed by atoms with Crippen LogP contribution in [0.4, 0.5) is 0 Å². The minimum absolute atomic E-state index is 0.0146. The molecule has 2 saturated carbocycles. The maximum atomic E-state index is 12.9. The first-order chi connectivity index (χ1) is 15.0. The number of carbonyl (C=O) groups excluding carboxylic acids is 1. The van der Waals surface area contributed by atoms with Crippen molar-refractivity contribution >= 4 is 27.6 Å². The zero-order chi connectivity index (χ0) is 21.2. The van der Waals surface area contributed by atoms with Gasteiger partial charge in [0.2, 0.25) is 0 Å². The Balaban J connectivity index is 1.13. The summed E-state index contributed by atoms with van der Waals surface area (Å²) in [6.07, 6.45) is 6.08. The van der Waals surface area contributed by atoms with Gasteiger partial charge in [-0.15, -0.1) is 0 Å². The second-order valence-corrected chi connectivity index (χ2v) is 9.34. The molecular weight excluding hydrogens is 388 g/mol. The molecule has 2 aliphatic rings. The molecule has 2 fully saturated rings. The highest BCUT2D eigenvalue weighted by Crippen LogP contribution is 2.62. The number of fused-ring (bicyclic) bond motifs is 2. The van der Waals surface area contributed by atoms with Crippen LogP contribution in [0.5, 0.6) is 0 Å². The van der Waals surface area contributed by atoms with Crippen LogP contribution in [-0.4, -0.2) is 26.7 Å². The van der Waals surface area contributed by atoms with E-state index in [1.54, 1.807) is 0 Å². The van der Waals surface area contributed by atoms with Gasteiger partial charge < -0.3 is 9.88 Å². The molecule has 1 amide bonds. The topological polar surface area (TPSA) is 79.8 Å². The molecule has 6 rings (SSSR count). The average Bonchev–Trinajstić information content (AvgIpc) is 3.07. The highest BCUT2D eigenvalue weighted by Gasteiger charge is 2.54. The fourth-order valence-electron chi connectivity index (χ4n) is 5.83.